The zero-order chi connectivity index (χ0) is 11.8. The van der Waals surface area contributed by atoms with Gasteiger partial charge in [0, 0.05) is 24.9 Å². The zero-order valence-electron chi connectivity index (χ0n) is 11.5. The molecule has 1 aliphatic carbocycles. The third kappa shape index (κ3) is 4.00. The van der Waals surface area contributed by atoms with Crippen molar-refractivity contribution in [3.63, 3.8) is 0 Å². The Kier molecular flexibility index (Phi) is 8.41. The zero-order valence-corrected chi connectivity index (χ0v) is 18.0. The minimum Gasteiger partial charge on any atom is -1.00 e. The van der Waals surface area contributed by atoms with Crippen LogP contribution in [0.1, 0.15) is 0 Å². The van der Waals surface area contributed by atoms with Gasteiger partial charge in [-0.2, -0.15) is 0 Å². The molecule has 3 N–H and O–H groups in total. The summed E-state index contributed by atoms with van der Waals surface area (Å²) in [6.07, 6.45) is 0. The molecule has 2 aliphatic rings. The first-order valence-corrected chi connectivity index (χ1v) is 6.16. The van der Waals surface area contributed by atoms with Gasteiger partial charge in [-0.05, 0) is 24.3 Å². The Morgan fingerprint density at radius 1 is 1.15 bits per heavy atom. The quantitative estimate of drug-likeness (QED) is 0.246. The molecular formula is C13H12ClN3NaSZn+3. The summed E-state index contributed by atoms with van der Waals surface area (Å²) in [4.78, 5) is 8.77. The summed E-state index contributed by atoms with van der Waals surface area (Å²) < 4.78 is 1.16. The normalized spacial score (nSPS) is 10.6. The predicted molar refractivity (Wildman–Crippen MR) is 70.9 cm³/mol. The number of nitrogens with zero attached hydrogens (tertiary/aromatic N) is 1. The predicted octanol–water partition coefficient (Wildman–Crippen LogP) is -4.06. The van der Waals surface area contributed by atoms with Gasteiger partial charge in [0.15, 0.2) is 0 Å². The van der Waals surface area contributed by atoms with Gasteiger partial charge >= 0.3 is 49.0 Å². The molecule has 0 aromatic heterocycles. The van der Waals surface area contributed by atoms with Crippen molar-refractivity contribution in [2.45, 2.75) is 0 Å². The summed E-state index contributed by atoms with van der Waals surface area (Å²) in [5.41, 5.74) is 8.82. The molecule has 7 heteroatoms. The summed E-state index contributed by atoms with van der Waals surface area (Å²) in [6, 6.07) is 12.1. The Hall–Kier alpha value is -0.0266. The Morgan fingerprint density at radius 3 is 2.60 bits per heavy atom. The number of rotatable bonds is 0. The van der Waals surface area contributed by atoms with E-state index in [1.165, 1.54) is 4.88 Å². The molecule has 3 nitrogen and oxygen atoms in total. The van der Waals surface area contributed by atoms with E-state index in [0.29, 0.717) is 0 Å². The maximum absolute atomic E-state index is 5.80. The summed E-state index contributed by atoms with van der Waals surface area (Å²) in [6.45, 7) is 0. The Labute approximate surface area is 162 Å². The van der Waals surface area contributed by atoms with Crippen molar-refractivity contribution < 1.29 is 66.4 Å². The van der Waals surface area contributed by atoms with Gasteiger partial charge in [0.25, 0.3) is 0 Å². The van der Waals surface area contributed by atoms with Crippen LogP contribution in [0.2, 0.25) is 0 Å². The number of aromatic amines is 1. The molecule has 0 saturated carbocycles. The largest absolute Gasteiger partial charge is 2.00 e. The van der Waals surface area contributed by atoms with Crippen LogP contribution in [0.5, 0.6) is 0 Å². The number of aromatic nitrogens is 1. The minimum atomic E-state index is 0. The van der Waals surface area contributed by atoms with Gasteiger partial charge in [-0.15, -0.1) is 11.3 Å². The maximum atomic E-state index is 5.80. The first kappa shape index (κ1) is 20.0. The molecule has 3 rings (SSSR count). The molecule has 1 heterocycles. The average molecular weight is 366 g/mol. The fourth-order valence-corrected chi connectivity index (χ4v) is 2.90. The fourth-order valence-electron chi connectivity index (χ4n) is 1.83. The van der Waals surface area contributed by atoms with Crippen LogP contribution in [0.4, 0.5) is 5.69 Å². The number of nitrogens with one attached hydrogen (secondary N) is 1. The number of fused-ring (bicyclic) bond motifs is 2. The third-order valence-corrected chi connectivity index (χ3v) is 3.83. The average Bonchev–Trinajstić information content (AvgIpc) is 2.35. The van der Waals surface area contributed by atoms with E-state index in [1.54, 1.807) is 18.4 Å². The molecule has 0 saturated heterocycles. The molecule has 0 radical (unpaired) electrons. The first-order chi connectivity index (χ1) is 8.26. The second kappa shape index (κ2) is 8.42. The van der Waals surface area contributed by atoms with E-state index in [-0.39, 0.29) is 61.4 Å². The third-order valence-electron chi connectivity index (χ3n) is 2.72. The van der Waals surface area contributed by atoms with Crippen molar-refractivity contribution in [3.05, 3.63) is 41.8 Å². The molecule has 0 spiro atoms. The van der Waals surface area contributed by atoms with E-state index in [9.17, 15) is 0 Å². The summed E-state index contributed by atoms with van der Waals surface area (Å²) in [5, 5.41) is 0.991. The van der Waals surface area contributed by atoms with Crippen molar-refractivity contribution in [2.75, 3.05) is 12.8 Å². The Balaban J connectivity index is 0.00000120. The molecule has 20 heavy (non-hydrogen) atoms. The van der Waals surface area contributed by atoms with E-state index < -0.39 is 0 Å². The van der Waals surface area contributed by atoms with Crippen LogP contribution in [0, 0.1) is 0 Å². The molecular weight excluding hydrogens is 354 g/mol. The van der Waals surface area contributed by atoms with Crippen molar-refractivity contribution in [3.8, 4) is 10.6 Å². The van der Waals surface area contributed by atoms with Gasteiger partial charge in [0.2, 0.25) is 11.2 Å². The standard InChI is InChI=1S/C13H11N3S.ClH.Na.Zn/c1-15-9-3-5-11-13(7-9)17-12-6-8(14)2-4-10(12)16-11;;;/h2-7H,14H2,1H3;1H;;/q;;+1;+2. The monoisotopic (exact) mass is 364 g/mol. The molecule has 0 unspecified atom stereocenters. The van der Waals surface area contributed by atoms with Crippen LogP contribution in [-0.4, -0.2) is 7.05 Å². The molecule has 0 fully saturated rings. The number of anilines is 1. The van der Waals surface area contributed by atoms with Crippen molar-refractivity contribution in [2.24, 2.45) is 4.99 Å². The molecule has 0 atom stereocenters. The van der Waals surface area contributed by atoms with Crippen molar-refractivity contribution >= 4 is 27.2 Å². The van der Waals surface area contributed by atoms with Gasteiger partial charge in [0.05, 0.1) is 5.36 Å². The van der Waals surface area contributed by atoms with E-state index in [4.69, 9.17) is 5.73 Å². The molecule has 0 amide bonds. The number of hydrogen-bond acceptors (Lipinski definition) is 3. The number of H-pyrrole nitrogens is 1. The van der Waals surface area contributed by atoms with Gasteiger partial charge in [-0.3, -0.25) is 4.99 Å². The number of hydrogen-bond donors (Lipinski definition) is 1. The van der Waals surface area contributed by atoms with Gasteiger partial charge in [0.1, 0.15) is 9.58 Å². The minimum absolute atomic E-state index is 0. The van der Waals surface area contributed by atoms with Crippen molar-refractivity contribution in [1.29, 1.82) is 0 Å². The van der Waals surface area contributed by atoms with Crippen LogP contribution in [0.3, 0.4) is 0 Å². The Bertz CT molecular complexity index is 747. The number of nitrogens with two attached hydrogens (primary N) is 1. The van der Waals surface area contributed by atoms with E-state index in [0.717, 1.165) is 27.0 Å². The smallest absolute Gasteiger partial charge is 1.00 e. The van der Waals surface area contributed by atoms with Crippen LogP contribution in [0.15, 0.2) is 41.4 Å². The summed E-state index contributed by atoms with van der Waals surface area (Å²) >= 11 is 1.72. The topological polar surface area (TPSA) is 52.5 Å². The fraction of sp³-hybridized carbons (Fsp3) is 0.0769. The summed E-state index contributed by atoms with van der Waals surface area (Å²) in [7, 11) is 1.80. The molecule has 1 aromatic rings. The molecule has 1 aromatic carbocycles. The van der Waals surface area contributed by atoms with Crippen LogP contribution in [-0.2, 0) is 19.5 Å². The molecule has 1 aliphatic heterocycles. The van der Waals surface area contributed by atoms with E-state index in [1.807, 2.05) is 24.3 Å². The SMILES string of the molecule is CN=c1ccc2[nH+]c3ccc(N)cc3sc-2c1.[Cl-].[Na+].[Zn+2]. The Morgan fingerprint density at radius 2 is 1.90 bits per heavy atom. The number of benzene rings is 2. The maximum Gasteiger partial charge on any atom is 2.00 e. The number of halogens is 1. The van der Waals surface area contributed by atoms with Gasteiger partial charge in [-0.25, -0.2) is 4.98 Å². The van der Waals surface area contributed by atoms with Gasteiger partial charge < -0.3 is 18.1 Å². The van der Waals surface area contributed by atoms with Gasteiger partial charge in [-0.1, -0.05) is 0 Å². The molecule has 0 bridgehead atoms. The summed E-state index contributed by atoms with van der Waals surface area (Å²) in [5.74, 6) is 0. The van der Waals surface area contributed by atoms with Crippen LogP contribution >= 0.6 is 11.3 Å². The van der Waals surface area contributed by atoms with Crippen LogP contribution in [0.25, 0.3) is 20.8 Å². The van der Waals surface area contributed by atoms with E-state index >= 15 is 0 Å². The second-order valence-electron chi connectivity index (χ2n) is 3.89. The first-order valence-electron chi connectivity index (χ1n) is 5.34. The van der Waals surface area contributed by atoms with Crippen molar-refractivity contribution in [1.82, 2.24) is 0 Å². The number of nitrogen functional groups attached to an aromatic ring is 1. The molecule has 92 valence electrons. The van der Waals surface area contributed by atoms with E-state index in [2.05, 4.69) is 22.1 Å². The second-order valence-corrected chi connectivity index (χ2v) is 4.97. The van der Waals surface area contributed by atoms with Crippen LogP contribution < -0.4 is 58.0 Å².